The lowest BCUT2D eigenvalue weighted by molar-refractivity contribution is -0.123. The van der Waals surface area contributed by atoms with Crippen molar-refractivity contribution in [1.29, 1.82) is 0 Å². The highest BCUT2D eigenvalue weighted by molar-refractivity contribution is 9.09. The molecule has 1 aliphatic heterocycles. The summed E-state index contributed by atoms with van der Waals surface area (Å²) in [5, 5.41) is 9.72. The Hall–Kier alpha value is -0.580. The van der Waals surface area contributed by atoms with Crippen LogP contribution in [-0.4, -0.2) is 39.3 Å². The van der Waals surface area contributed by atoms with Crippen LogP contribution < -0.4 is 0 Å². The molecule has 4 nitrogen and oxygen atoms in total. The molecule has 0 aromatic carbocycles. The summed E-state index contributed by atoms with van der Waals surface area (Å²) in [6.07, 6.45) is 2.02. The van der Waals surface area contributed by atoms with E-state index in [-0.39, 0.29) is 16.5 Å². The van der Waals surface area contributed by atoms with E-state index < -0.39 is 11.6 Å². The first-order chi connectivity index (χ1) is 8.24. The number of hydrogen-bond acceptors (Lipinski definition) is 2. The number of likely N-dealkylation sites (tertiary alicyclic amines) is 1. The zero-order valence-corrected chi connectivity index (χ0v) is 12.9. The number of Topliss-reactive ketones (excluding diaryl/α,β-unsaturated/α-hetero) is 1. The lowest BCUT2D eigenvalue weighted by atomic mass is 9.65. The van der Waals surface area contributed by atoms with Gasteiger partial charge in [0.05, 0.1) is 10.9 Å². The van der Waals surface area contributed by atoms with Crippen LogP contribution in [-0.2, 0) is 4.79 Å². The monoisotopic (exact) mass is 319 g/mol. The average molecular weight is 320 g/mol. The molecule has 0 radical (unpaired) electrons. The third-order valence-electron chi connectivity index (χ3n) is 4.00. The van der Waals surface area contributed by atoms with E-state index in [1.165, 1.54) is 4.90 Å². The predicted octanol–water partition coefficient (Wildman–Crippen LogP) is 3.29. The number of amides is 1. The fourth-order valence-electron chi connectivity index (χ4n) is 2.92. The SMILES string of the molecule is CC(C)(C)[C@@]1(CC(=O)CBr)CCCCN1C(=O)O. The van der Waals surface area contributed by atoms with Crippen LogP contribution in [0.15, 0.2) is 0 Å². The van der Waals surface area contributed by atoms with Crippen molar-refractivity contribution >= 4 is 27.8 Å². The van der Waals surface area contributed by atoms with Crippen LogP contribution >= 0.6 is 15.9 Å². The number of nitrogens with zero attached hydrogens (tertiary/aromatic N) is 1. The molecule has 1 atom stereocenters. The molecular weight excluding hydrogens is 298 g/mol. The third-order valence-corrected chi connectivity index (χ3v) is 4.63. The van der Waals surface area contributed by atoms with Crippen molar-refractivity contribution in [3.63, 3.8) is 0 Å². The Bertz CT molecular complexity index is 338. The first kappa shape index (κ1) is 15.5. The Morgan fingerprint density at radius 3 is 2.39 bits per heavy atom. The van der Waals surface area contributed by atoms with E-state index in [1.807, 2.05) is 20.8 Å². The van der Waals surface area contributed by atoms with Gasteiger partial charge in [-0.1, -0.05) is 36.7 Å². The summed E-state index contributed by atoms with van der Waals surface area (Å²) >= 11 is 3.17. The second kappa shape index (κ2) is 5.59. The smallest absolute Gasteiger partial charge is 0.407 e. The molecule has 5 heteroatoms. The van der Waals surface area contributed by atoms with Crippen LogP contribution in [0.25, 0.3) is 0 Å². The molecule has 1 aliphatic rings. The maximum Gasteiger partial charge on any atom is 0.407 e. The summed E-state index contributed by atoms with van der Waals surface area (Å²) < 4.78 is 0. The molecule has 0 aromatic rings. The number of carboxylic acid groups (broad SMARTS) is 1. The molecule has 1 saturated heterocycles. The minimum Gasteiger partial charge on any atom is -0.465 e. The van der Waals surface area contributed by atoms with Crippen molar-refractivity contribution in [2.45, 2.75) is 52.0 Å². The lowest BCUT2D eigenvalue weighted by Crippen LogP contribution is -2.62. The standard InChI is InChI=1S/C13H22BrNO3/c1-12(2,3)13(8-10(16)9-14)6-4-5-7-15(13)11(17)18/h4-9H2,1-3H3,(H,17,18)/t13-/m0/s1. The van der Waals surface area contributed by atoms with Gasteiger partial charge in [0.25, 0.3) is 0 Å². The van der Waals surface area contributed by atoms with Gasteiger partial charge in [0.15, 0.2) is 0 Å². The van der Waals surface area contributed by atoms with Gasteiger partial charge >= 0.3 is 6.09 Å². The number of carbonyl (C=O) groups is 2. The lowest BCUT2D eigenvalue weighted by Gasteiger charge is -2.53. The second-order valence-corrected chi connectivity index (χ2v) is 6.58. The highest BCUT2D eigenvalue weighted by Gasteiger charge is 2.50. The number of carbonyl (C=O) groups excluding carboxylic acids is 1. The first-order valence-corrected chi connectivity index (χ1v) is 7.45. The number of piperidine rings is 1. The Balaban J connectivity index is 3.15. The molecular formula is C13H22BrNO3. The van der Waals surface area contributed by atoms with E-state index in [0.717, 1.165) is 19.3 Å². The molecule has 0 aromatic heterocycles. The zero-order valence-electron chi connectivity index (χ0n) is 11.3. The Kier molecular flexibility index (Phi) is 4.81. The molecule has 1 amide bonds. The van der Waals surface area contributed by atoms with E-state index in [9.17, 15) is 14.7 Å². The quantitative estimate of drug-likeness (QED) is 0.812. The summed E-state index contributed by atoms with van der Waals surface area (Å²) in [6, 6.07) is 0. The number of halogens is 1. The summed E-state index contributed by atoms with van der Waals surface area (Å²) in [5.41, 5.74) is -0.814. The fourth-order valence-corrected chi connectivity index (χ4v) is 3.12. The number of ketones is 1. The van der Waals surface area contributed by atoms with Gasteiger partial charge in [0, 0.05) is 13.0 Å². The summed E-state index contributed by atoms with van der Waals surface area (Å²) in [7, 11) is 0. The van der Waals surface area contributed by atoms with Gasteiger partial charge in [-0.3, -0.25) is 4.79 Å². The molecule has 0 aliphatic carbocycles. The normalized spacial score (nSPS) is 25.0. The molecule has 1 rings (SSSR count). The third kappa shape index (κ3) is 2.87. The van der Waals surface area contributed by atoms with Gasteiger partial charge in [-0.2, -0.15) is 0 Å². The molecule has 0 unspecified atom stereocenters. The van der Waals surface area contributed by atoms with Crippen molar-refractivity contribution in [3.05, 3.63) is 0 Å². The van der Waals surface area contributed by atoms with E-state index in [4.69, 9.17) is 0 Å². The Morgan fingerprint density at radius 1 is 1.33 bits per heavy atom. The van der Waals surface area contributed by atoms with Crippen molar-refractivity contribution in [1.82, 2.24) is 4.90 Å². The minimum atomic E-state index is -0.910. The predicted molar refractivity (Wildman–Crippen MR) is 74.2 cm³/mol. The van der Waals surface area contributed by atoms with E-state index in [1.54, 1.807) is 0 Å². The van der Waals surface area contributed by atoms with Gasteiger partial charge in [-0.25, -0.2) is 4.79 Å². The van der Waals surface area contributed by atoms with Crippen LogP contribution in [0.2, 0.25) is 0 Å². The van der Waals surface area contributed by atoms with Gasteiger partial charge in [-0.15, -0.1) is 0 Å². The van der Waals surface area contributed by atoms with Crippen molar-refractivity contribution in [2.75, 3.05) is 11.9 Å². The van der Waals surface area contributed by atoms with Crippen molar-refractivity contribution < 1.29 is 14.7 Å². The highest BCUT2D eigenvalue weighted by atomic mass is 79.9. The summed E-state index contributed by atoms with van der Waals surface area (Å²) in [5.74, 6) is 0.0677. The highest BCUT2D eigenvalue weighted by Crippen LogP contribution is 2.45. The second-order valence-electron chi connectivity index (χ2n) is 6.02. The van der Waals surface area contributed by atoms with Crippen LogP contribution in [0.1, 0.15) is 46.5 Å². The summed E-state index contributed by atoms with van der Waals surface area (Å²) in [4.78, 5) is 24.8. The Morgan fingerprint density at radius 2 is 1.94 bits per heavy atom. The Labute approximate surface area is 117 Å². The number of alkyl halides is 1. The van der Waals surface area contributed by atoms with Gasteiger partial charge in [0.1, 0.15) is 5.78 Å². The zero-order chi connectivity index (χ0) is 14.0. The molecule has 1 fully saturated rings. The molecule has 18 heavy (non-hydrogen) atoms. The van der Waals surface area contributed by atoms with Crippen LogP contribution in [0.4, 0.5) is 4.79 Å². The average Bonchev–Trinajstić information content (AvgIpc) is 2.27. The number of rotatable bonds is 3. The van der Waals surface area contributed by atoms with Gasteiger partial charge < -0.3 is 10.0 Å². The maximum absolute atomic E-state index is 11.8. The van der Waals surface area contributed by atoms with Crippen molar-refractivity contribution in [3.8, 4) is 0 Å². The van der Waals surface area contributed by atoms with E-state index >= 15 is 0 Å². The van der Waals surface area contributed by atoms with Gasteiger partial charge in [0.2, 0.25) is 0 Å². The van der Waals surface area contributed by atoms with Crippen molar-refractivity contribution in [2.24, 2.45) is 5.41 Å². The molecule has 0 spiro atoms. The topological polar surface area (TPSA) is 57.6 Å². The first-order valence-electron chi connectivity index (χ1n) is 6.33. The molecule has 1 N–H and O–H groups in total. The largest absolute Gasteiger partial charge is 0.465 e. The maximum atomic E-state index is 11.8. The van der Waals surface area contributed by atoms with Gasteiger partial charge in [-0.05, 0) is 24.7 Å². The molecule has 1 heterocycles. The van der Waals surface area contributed by atoms with E-state index in [0.29, 0.717) is 13.0 Å². The summed E-state index contributed by atoms with van der Waals surface area (Å²) in [6.45, 7) is 6.60. The minimum absolute atomic E-state index is 0.0677. The fraction of sp³-hybridized carbons (Fsp3) is 0.846. The van der Waals surface area contributed by atoms with E-state index in [2.05, 4.69) is 15.9 Å². The van der Waals surface area contributed by atoms with Crippen LogP contribution in [0.3, 0.4) is 0 Å². The van der Waals surface area contributed by atoms with Crippen LogP contribution in [0.5, 0.6) is 0 Å². The molecule has 104 valence electrons. The molecule has 0 bridgehead atoms. The number of hydrogen-bond donors (Lipinski definition) is 1. The van der Waals surface area contributed by atoms with Crippen LogP contribution in [0, 0.1) is 5.41 Å². The molecule has 0 saturated carbocycles.